The van der Waals surface area contributed by atoms with Crippen LogP contribution in [0.3, 0.4) is 0 Å². The van der Waals surface area contributed by atoms with E-state index in [1.165, 1.54) is 23.8 Å². The van der Waals surface area contributed by atoms with Crippen LogP contribution in [-0.2, 0) is 4.74 Å². The Bertz CT molecular complexity index is 1090. The lowest BCUT2D eigenvalue weighted by Crippen LogP contribution is -2.06. The summed E-state index contributed by atoms with van der Waals surface area (Å²) in [5, 5.41) is 14.4. The van der Waals surface area contributed by atoms with Crippen molar-refractivity contribution in [3.63, 3.8) is 0 Å². The minimum Gasteiger partial charge on any atom is -0.491 e. The topological polar surface area (TPSA) is 137 Å². The molecule has 10 heteroatoms. The van der Waals surface area contributed by atoms with Crippen LogP contribution in [0.15, 0.2) is 41.9 Å². The number of nitrogens with two attached hydrogens (primary N) is 1. The fraction of sp³-hybridized carbons (Fsp3) is 0.273. The van der Waals surface area contributed by atoms with Crippen molar-refractivity contribution in [1.29, 1.82) is 0 Å². The molecule has 9 nitrogen and oxygen atoms in total. The fourth-order valence-electron chi connectivity index (χ4n) is 2.89. The number of rotatable bonds is 11. The summed E-state index contributed by atoms with van der Waals surface area (Å²) in [5.74, 6) is -0.216. The van der Waals surface area contributed by atoms with Crippen LogP contribution in [0.5, 0.6) is 5.75 Å². The molecule has 168 valence electrons. The Balaban J connectivity index is 1.38. The van der Waals surface area contributed by atoms with E-state index in [9.17, 15) is 9.59 Å². The van der Waals surface area contributed by atoms with Gasteiger partial charge in [0.25, 0.3) is 0 Å². The van der Waals surface area contributed by atoms with Gasteiger partial charge in [0.15, 0.2) is 5.69 Å². The molecule has 0 unspecified atom stereocenters. The number of methoxy groups -OCH3 is 1. The summed E-state index contributed by atoms with van der Waals surface area (Å²) in [5.41, 5.74) is 7.58. The number of unbranched alkanes of at least 4 members (excludes halogenated alkanes) is 2. The molecule has 1 aromatic carbocycles. The third kappa shape index (κ3) is 6.17. The zero-order valence-corrected chi connectivity index (χ0v) is 18.4. The summed E-state index contributed by atoms with van der Waals surface area (Å²) in [6.45, 7) is 1.26. The minimum absolute atomic E-state index is 0.0414. The summed E-state index contributed by atoms with van der Waals surface area (Å²) in [4.78, 5) is 30.9. The van der Waals surface area contributed by atoms with E-state index in [-0.39, 0.29) is 5.69 Å². The molecule has 32 heavy (non-hydrogen) atoms. The van der Waals surface area contributed by atoms with Crippen molar-refractivity contribution in [2.45, 2.75) is 19.3 Å². The zero-order valence-electron chi connectivity index (χ0n) is 17.5. The van der Waals surface area contributed by atoms with Crippen molar-refractivity contribution in [2.24, 2.45) is 0 Å². The number of nitrogen functional groups attached to an aromatic ring is 1. The molecule has 0 saturated carbocycles. The van der Waals surface area contributed by atoms with Gasteiger partial charge >= 0.3 is 11.9 Å². The predicted molar refractivity (Wildman–Crippen MR) is 122 cm³/mol. The van der Waals surface area contributed by atoms with Gasteiger partial charge in [-0.1, -0.05) is 0 Å². The molecule has 0 fully saturated rings. The van der Waals surface area contributed by atoms with Crippen LogP contribution in [0.1, 0.15) is 40.1 Å². The number of aromatic nitrogens is 2. The normalized spacial score (nSPS) is 10.5. The van der Waals surface area contributed by atoms with E-state index in [1.807, 2.05) is 6.07 Å². The van der Waals surface area contributed by atoms with Crippen molar-refractivity contribution in [3.8, 4) is 16.3 Å². The standard InChI is InChI=1S/C22H24N4O5S/c1-30-22(29)15-5-6-18(16(23)11-15)31-10-4-2-3-8-24-19-12-14(7-9-25-19)20-26-17(13-32-20)21(27)28/h5-7,9,11-13H,2-4,8,10,23H2,1H3,(H,24,25)(H,27,28). The number of benzene rings is 1. The molecule has 0 aliphatic heterocycles. The Morgan fingerprint density at radius 3 is 2.75 bits per heavy atom. The van der Waals surface area contributed by atoms with Gasteiger partial charge in [-0.25, -0.2) is 19.6 Å². The quantitative estimate of drug-likeness (QED) is 0.223. The van der Waals surface area contributed by atoms with Crippen LogP contribution in [0.25, 0.3) is 10.6 Å². The maximum Gasteiger partial charge on any atom is 0.355 e. The number of nitrogens with zero attached hydrogens (tertiary/aromatic N) is 2. The molecular weight excluding hydrogens is 432 g/mol. The number of pyridine rings is 1. The number of nitrogens with one attached hydrogen (secondary N) is 1. The van der Waals surface area contributed by atoms with Crippen molar-refractivity contribution >= 4 is 34.8 Å². The van der Waals surface area contributed by atoms with Crippen LogP contribution < -0.4 is 15.8 Å². The van der Waals surface area contributed by atoms with Gasteiger partial charge in [-0.05, 0) is 49.6 Å². The molecule has 4 N–H and O–H groups in total. The van der Waals surface area contributed by atoms with E-state index < -0.39 is 11.9 Å². The number of ether oxygens (including phenoxy) is 2. The van der Waals surface area contributed by atoms with E-state index in [4.69, 9.17) is 15.6 Å². The van der Waals surface area contributed by atoms with Crippen molar-refractivity contribution < 1.29 is 24.2 Å². The number of carbonyl (C=O) groups excluding carboxylic acids is 1. The number of anilines is 2. The lowest BCUT2D eigenvalue weighted by Gasteiger charge is -2.10. The van der Waals surface area contributed by atoms with Crippen LogP contribution in [0.4, 0.5) is 11.5 Å². The zero-order chi connectivity index (χ0) is 22.9. The van der Waals surface area contributed by atoms with Gasteiger partial charge in [0.2, 0.25) is 0 Å². The van der Waals surface area contributed by atoms with E-state index in [2.05, 4.69) is 20.0 Å². The highest BCUT2D eigenvalue weighted by Gasteiger charge is 2.11. The van der Waals surface area contributed by atoms with E-state index >= 15 is 0 Å². The van der Waals surface area contributed by atoms with Gasteiger partial charge in [-0.15, -0.1) is 11.3 Å². The van der Waals surface area contributed by atoms with Crippen LogP contribution in [-0.4, -0.2) is 47.3 Å². The first-order chi connectivity index (χ1) is 15.5. The van der Waals surface area contributed by atoms with Gasteiger partial charge in [-0.2, -0.15) is 0 Å². The van der Waals surface area contributed by atoms with Crippen LogP contribution in [0, 0.1) is 0 Å². The van der Waals surface area contributed by atoms with Gasteiger partial charge in [0, 0.05) is 23.7 Å². The minimum atomic E-state index is -1.04. The highest BCUT2D eigenvalue weighted by molar-refractivity contribution is 7.13. The van der Waals surface area contributed by atoms with E-state index in [1.54, 1.807) is 30.5 Å². The highest BCUT2D eigenvalue weighted by Crippen LogP contribution is 2.25. The Kier molecular flexibility index (Phi) is 7.98. The molecule has 2 aromatic heterocycles. The third-order valence-corrected chi connectivity index (χ3v) is 5.44. The summed E-state index contributed by atoms with van der Waals surface area (Å²) in [6, 6.07) is 8.49. The molecule has 0 bridgehead atoms. The largest absolute Gasteiger partial charge is 0.491 e. The monoisotopic (exact) mass is 456 g/mol. The van der Waals surface area contributed by atoms with Gasteiger partial charge in [0.05, 0.1) is 25.0 Å². The van der Waals surface area contributed by atoms with Crippen molar-refractivity contribution in [2.75, 3.05) is 31.3 Å². The van der Waals surface area contributed by atoms with Crippen molar-refractivity contribution in [1.82, 2.24) is 9.97 Å². The molecule has 3 rings (SSSR count). The maximum atomic E-state index is 11.5. The molecule has 0 saturated heterocycles. The molecule has 0 spiro atoms. The Morgan fingerprint density at radius 2 is 2.03 bits per heavy atom. The number of carbonyl (C=O) groups is 2. The number of aromatic carboxylic acids is 1. The smallest absolute Gasteiger partial charge is 0.355 e. The summed E-state index contributed by atoms with van der Waals surface area (Å²) in [6.07, 6.45) is 4.39. The first-order valence-corrected chi connectivity index (χ1v) is 10.9. The van der Waals surface area contributed by atoms with Gasteiger partial charge in [0.1, 0.15) is 16.6 Å². The molecule has 0 aliphatic carbocycles. The second-order valence-electron chi connectivity index (χ2n) is 6.85. The van der Waals surface area contributed by atoms with Crippen LogP contribution in [0.2, 0.25) is 0 Å². The lowest BCUT2D eigenvalue weighted by molar-refractivity contribution is 0.0599. The summed E-state index contributed by atoms with van der Waals surface area (Å²) < 4.78 is 10.4. The first-order valence-electron chi connectivity index (χ1n) is 9.97. The van der Waals surface area contributed by atoms with Crippen molar-refractivity contribution in [3.05, 3.63) is 53.2 Å². The number of hydrogen-bond acceptors (Lipinski definition) is 9. The Labute approximate surface area is 189 Å². The first kappa shape index (κ1) is 23.0. The highest BCUT2D eigenvalue weighted by atomic mass is 32.1. The molecule has 0 aliphatic rings. The summed E-state index contributed by atoms with van der Waals surface area (Å²) >= 11 is 1.29. The molecule has 0 radical (unpaired) electrons. The molecule has 3 aromatic rings. The van der Waals surface area contributed by atoms with Gasteiger partial charge < -0.3 is 25.6 Å². The van der Waals surface area contributed by atoms with Gasteiger partial charge in [-0.3, -0.25) is 0 Å². The number of carboxylic acids is 1. The van der Waals surface area contributed by atoms with E-state index in [0.717, 1.165) is 31.4 Å². The third-order valence-electron chi connectivity index (χ3n) is 4.55. The van der Waals surface area contributed by atoms with Crippen LogP contribution >= 0.6 is 11.3 Å². The molecule has 2 heterocycles. The average molecular weight is 457 g/mol. The SMILES string of the molecule is COC(=O)c1ccc(OCCCCCNc2cc(-c3nc(C(=O)O)cs3)ccn2)c(N)c1. The second kappa shape index (κ2) is 11.1. The Morgan fingerprint density at radius 1 is 1.19 bits per heavy atom. The summed E-state index contributed by atoms with van der Waals surface area (Å²) in [7, 11) is 1.32. The second-order valence-corrected chi connectivity index (χ2v) is 7.71. The lowest BCUT2D eigenvalue weighted by atomic mass is 10.2. The number of carboxylic acid groups (broad SMARTS) is 1. The maximum absolute atomic E-state index is 11.5. The fourth-order valence-corrected chi connectivity index (χ4v) is 3.68. The molecule has 0 atom stereocenters. The average Bonchev–Trinajstić information content (AvgIpc) is 3.30. The van der Waals surface area contributed by atoms with E-state index in [0.29, 0.717) is 34.4 Å². The molecular formula is C22H24N4O5S. The number of thiazole rings is 1. The number of hydrogen-bond donors (Lipinski definition) is 3. The Hall–Kier alpha value is -3.66. The molecule has 0 amide bonds. The number of esters is 1. The predicted octanol–water partition coefficient (Wildman–Crippen LogP) is 3.93.